The molecule has 0 spiro atoms. The lowest BCUT2D eigenvalue weighted by Crippen LogP contribution is -2.26. The summed E-state index contributed by atoms with van der Waals surface area (Å²) in [5.41, 5.74) is 1.34. The number of nitrogens with one attached hydrogen (secondary N) is 1. The number of hydrogen-bond acceptors (Lipinski definition) is 3. The molecule has 1 atom stereocenters. The van der Waals surface area contributed by atoms with Crippen LogP contribution in [0.25, 0.3) is 0 Å². The van der Waals surface area contributed by atoms with Gasteiger partial charge in [0, 0.05) is 26.9 Å². The van der Waals surface area contributed by atoms with E-state index in [1.807, 2.05) is 17.9 Å². The number of rotatable bonds is 10. The number of ether oxygens (including phenoxy) is 1. The fraction of sp³-hybridized carbons (Fsp3) is 0.786. The van der Waals surface area contributed by atoms with Crippen molar-refractivity contribution in [3.8, 4) is 0 Å². The zero-order chi connectivity index (χ0) is 13.2. The van der Waals surface area contributed by atoms with Crippen molar-refractivity contribution in [2.24, 2.45) is 13.0 Å². The minimum atomic E-state index is 0.757. The lowest BCUT2D eigenvalue weighted by atomic mass is 9.96. The van der Waals surface area contributed by atoms with Gasteiger partial charge in [0.1, 0.15) is 0 Å². The summed E-state index contributed by atoms with van der Waals surface area (Å²) in [7, 11) is 3.72. The van der Waals surface area contributed by atoms with Gasteiger partial charge in [0.05, 0.1) is 12.8 Å². The Morgan fingerprint density at radius 1 is 1.44 bits per heavy atom. The Bertz CT molecular complexity index is 312. The van der Waals surface area contributed by atoms with E-state index in [0.717, 1.165) is 32.0 Å². The Morgan fingerprint density at radius 2 is 2.28 bits per heavy atom. The third-order valence-corrected chi connectivity index (χ3v) is 3.21. The van der Waals surface area contributed by atoms with Gasteiger partial charge >= 0.3 is 0 Å². The van der Waals surface area contributed by atoms with E-state index in [0.29, 0.717) is 0 Å². The summed E-state index contributed by atoms with van der Waals surface area (Å²) >= 11 is 0. The SMILES string of the molecule is CCCC(CCc1cnn(C)c1)CNCCOC. The molecule has 1 aromatic heterocycles. The lowest BCUT2D eigenvalue weighted by molar-refractivity contribution is 0.197. The van der Waals surface area contributed by atoms with Crippen LogP contribution in [0.5, 0.6) is 0 Å². The van der Waals surface area contributed by atoms with Gasteiger partial charge in [-0.05, 0) is 37.3 Å². The first-order valence-corrected chi connectivity index (χ1v) is 6.93. The molecule has 4 nitrogen and oxygen atoms in total. The maximum atomic E-state index is 5.04. The third kappa shape index (κ3) is 6.17. The average Bonchev–Trinajstić information content (AvgIpc) is 2.77. The van der Waals surface area contributed by atoms with Crippen molar-refractivity contribution >= 4 is 0 Å². The van der Waals surface area contributed by atoms with Gasteiger partial charge in [0.25, 0.3) is 0 Å². The van der Waals surface area contributed by atoms with Gasteiger partial charge in [-0.2, -0.15) is 5.10 Å². The van der Waals surface area contributed by atoms with E-state index in [4.69, 9.17) is 4.74 Å². The monoisotopic (exact) mass is 253 g/mol. The quantitative estimate of drug-likeness (QED) is 0.648. The van der Waals surface area contributed by atoms with Crippen LogP contribution in [0.4, 0.5) is 0 Å². The van der Waals surface area contributed by atoms with Gasteiger partial charge in [0.2, 0.25) is 0 Å². The second kappa shape index (κ2) is 9.11. The molecular formula is C14H27N3O. The fourth-order valence-electron chi connectivity index (χ4n) is 2.21. The van der Waals surface area contributed by atoms with E-state index in [-0.39, 0.29) is 0 Å². The van der Waals surface area contributed by atoms with Crippen LogP contribution in [0.1, 0.15) is 31.7 Å². The highest BCUT2D eigenvalue weighted by molar-refractivity contribution is 5.03. The molecule has 0 amide bonds. The van der Waals surface area contributed by atoms with Crippen LogP contribution in [-0.2, 0) is 18.2 Å². The molecule has 0 aliphatic heterocycles. The van der Waals surface area contributed by atoms with Crippen LogP contribution in [0.2, 0.25) is 0 Å². The number of aromatic nitrogens is 2. The van der Waals surface area contributed by atoms with Gasteiger partial charge in [-0.1, -0.05) is 13.3 Å². The van der Waals surface area contributed by atoms with Crippen LogP contribution in [0.3, 0.4) is 0 Å². The highest BCUT2D eigenvalue weighted by atomic mass is 16.5. The molecule has 1 unspecified atom stereocenters. The van der Waals surface area contributed by atoms with E-state index >= 15 is 0 Å². The smallest absolute Gasteiger partial charge is 0.0587 e. The summed E-state index contributed by atoms with van der Waals surface area (Å²) in [5.74, 6) is 0.757. The molecule has 0 aromatic carbocycles. The van der Waals surface area contributed by atoms with Gasteiger partial charge in [-0.25, -0.2) is 0 Å². The molecular weight excluding hydrogens is 226 g/mol. The molecule has 0 aliphatic carbocycles. The maximum absolute atomic E-state index is 5.04. The van der Waals surface area contributed by atoms with Crippen molar-refractivity contribution in [3.05, 3.63) is 18.0 Å². The molecule has 0 fully saturated rings. The number of hydrogen-bond donors (Lipinski definition) is 1. The van der Waals surface area contributed by atoms with Crippen molar-refractivity contribution < 1.29 is 4.74 Å². The summed E-state index contributed by atoms with van der Waals surface area (Å²) < 4.78 is 6.92. The minimum absolute atomic E-state index is 0.757. The molecule has 1 N–H and O–H groups in total. The Kier molecular flexibility index (Phi) is 7.69. The van der Waals surface area contributed by atoms with Crippen molar-refractivity contribution in [2.75, 3.05) is 26.8 Å². The van der Waals surface area contributed by atoms with Gasteiger partial charge in [0.15, 0.2) is 0 Å². The molecule has 0 saturated heterocycles. The van der Waals surface area contributed by atoms with E-state index in [2.05, 4.69) is 23.5 Å². The van der Waals surface area contributed by atoms with Crippen molar-refractivity contribution in [1.82, 2.24) is 15.1 Å². The van der Waals surface area contributed by atoms with E-state index < -0.39 is 0 Å². The standard InChI is InChI=1S/C14H27N3O/c1-4-5-13(10-15-8-9-18-3)6-7-14-11-16-17(2)12-14/h11-13,15H,4-10H2,1-3H3. The molecule has 4 heteroatoms. The predicted molar refractivity (Wildman–Crippen MR) is 74.7 cm³/mol. The van der Waals surface area contributed by atoms with Crippen LogP contribution in [0, 0.1) is 5.92 Å². The predicted octanol–water partition coefficient (Wildman–Crippen LogP) is 2.00. The zero-order valence-electron chi connectivity index (χ0n) is 12.0. The van der Waals surface area contributed by atoms with E-state index in [1.165, 1.54) is 24.8 Å². The minimum Gasteiger partial charge on any atom is -0.383 e. The second-order valence-electron chi connectivity index (χ2n) is 4.91. The summed E-state index contributed by atoms with van der Waals surface area (Å²) in [5, 5.41) is 7.68. The normalized spacial score (nSPS) is 12.8. The highest BCUT2D eigenvalue weighted by Crippen LogP contribution is 2.14. The first-order chi connectivity index (χ1) is 8.76. The molecule has 0 aliphatic rings. The maximum Gasteiger partial charge on any atom is 0.0587 e. The molecule has 104 valence electrons. The summed E-state index contributed by atoms with van der Waals surface area (Å²) in [6, 6.07) is 0. The van der Waals surface area contributed by atoms with Crippen molar-refractivity contribution in [2.45, 2.75) is 32.6 Å². The number of methoxy groups -OCH3 is 1. The fourth-order valence-corrected chi connectivity index (χ4v) is 2.21. The Hall–Kier alpha value is -0.870. The number of nitrogens with zero attached hydrogens (tertiary/aromatic N) is 2. The van der Waals surface area contributed by atoms with Crippen LogP contribution in [0.15, 0.2) is 12.4 Å². The average molecular weight is 253 g/mol. The molecule has 0 radical (unpaired) electrons. The molecule has 0 saturated carbocycles. The first kappa shape index (κ1) is 15.2. The zero-order valence-corrected chi connectivity index (χ0v) is 12.0. The van der Waals surface area contributed by atoms with Gasteiger partial charge in [-0.15, -0.1) is 0 Å². The van der Waals surface area contributed by atoms with Gasteiger partial charge < -0.3 is 10.1 Å². The Labute approximate surface area is 111 Å². The molecule has 0 bridgehead atoms. The van der Waals surface area contributed by atoms with Gasteiger partial charge in [-0.3, -0.25) is 4.68 Å². The Balaban J connectivity index is 2.24. The topological polar surface area (TPSA) is 39.1 Å². The number of aryl methyl sites for hydroxylation is 2. The van der Waals surface area contributed by atoms with Crippen molar-refractivity contribution in [1.29, 1.82) is 0 Å². The van der Waals surface area contributed by atoms with Crippen LogP contribution in [-0.4, -0.2) is 36.6 Å². The van der Waals surface area contributed by atoms with E-state index in [1.54, 1.807) is 7.11 Å². The molecule has 1 rings (SSSR count). The summed E-state index contributed by atoms with van der Waals surface area (Å²) in [4.78, 5) is 0. The van der Waals surface area contributed by atoms with Crippen molar-refractivity contribution in [3.63, 3.8) is 0 Å². The lowest BCUT2D eigenvalue weighted by Gasteiger charge is -2.16. The molecule has 1 aromatic rings. The van der Waals surface area contributed by atoms with Crippen LogP contribution < -0.4 is 5.32 Å². The summed E-state index contributed by atoms with van der Waals surface area (Å²) in [6.45, 7) is 5.09. The Morgan fingerprint density at radius 3 is 2.89 bits per heavy atom. The molecule has 18 heavy (non-hydrogen) atoms. The summed E-state index contributed by atoms with van der Waals surface area (Å²) in [6.07, 6.45) is 9.00. The van der Waals surface area contributed by atoms with E-state index in [9.17, 15) is 0 Å². The second-order valence-corrected chi connectivity index (χ2v) is 4.91. The highest BCUT2D eigenvalue weighted by Gasteiger charge is 2.08. The first-order valence-electron chi connectivity index (χ1n) is 6.93. The van der Waals surface area contributed by atoms with Crippen LogP contribution >= 0.6 is 0 Å². The largest absolute Gasteiger partial charge is 0.383 e. The third-order valence-electron chi connectivity index (χ3n) is 3.21. The molecule has 1 heterocycles.